The van der Waals surface area contributed by atoms with Crippen LogP contribution in [-0.2, 0) is 22.5 Å². The van der Waals surface area contributed by atoms with Crippen molar-refractivity contribution in [3.63, 3.8) is 0 Å². The van der Waals surface area contributed by atoms with Gasteiger partial charge in [0.25, 0.3) is 0 Å². The van der Waals surface area contributed by atoms with E-state index in [0.29, 0.717) is 30.2 Å². The number of aliphatic carboxylic acids is 1. The molecule has 148 valence electrons. The highest BCUT2D eigenvalue weighted by molar-refractivity contribution is 5.89. The highest BCUT2D eigenvalue weighted by atomic mass is 16.6. The molecule has 1 fully saturated rings. The van der Waals surface area contributed by atoms with Crippen LogP contribution in [0.1, 0.15) is 11.3 Å². The summed E-state index contributed by atoms with van der Waals surface area (Å²) in [5.41, 5.74) is 12.8. The van der Waals surface area contributed by atoms with Gasteiger partial charge in [-0.1, -0.05) is 12.1 Å². The summed E-state index contributed by atoms with van der Waals surface area (Å²) in [5.74, 6) is -0.416. The minimum Gasteiger partial charge on any atom is -0.488 e. The first kappa shape index (κ1) is 19.1. The van der Waals surface area contributed by atoms with Crippen molar-refractivity contribution in [2.24, 2.45) is 16.5 Å². The molecule has 28 heavy (non-hydrogen) atoms. The Hall–Kier alpha value is -3.69. The number of aromatic nitrogens is 1. The zero-order valence-electron chi connectivity index (χ0n) is 15.0. The summed E-state index contributed by atoms with van der Waals surface area (Å²) in [4.78, 5) is 31.1. The first-order valence-electron chi connectivity index (χ1n) is 8.55. The molecule has 1 amide bonds. The highest BCUT2D eigenvalue weighted by Gasteiger charge is 2.32. The monoisotopic (exact) mass is 387 g/mol. The number of carbonyl (C=O) groups is 2. The van der Waals surface area contributed by atoms with Gasteiger partial charge >= 0.3 is 12.1 Å². The van der Waals surface area contributed by atoms with Crippen LogP contribution in [0.5, 0.6) is 5.75 Å². The van der Waals surface area contributed by atoms with Crippen molar-refractivity contribution in [2.75, 3.05) is 18.1 Å². The van der Waals surface area contributed by atoms with E-state index < -0.39 is 18.2 Å². The van der Waals surface area contributed by atoms with Gasteiger partial charge in [0.15, 0.2) is 12.1 Å². The molecule has 0 spiro atoms. The third-order valence-electron chi connectivity index (χ3n) is 4.06. The number of nitrogens with two attached hydrogens (primary N) is 2. The topological polar surface area (TPSA) is 156 Å². The second-order valence-corrected chi connectivity index (χ2v) is 6.27. The molecule has 1 saturated heterocycles. The van der Waals surface area contributed by atoms with Gasteiger partial charge in [-0.05, 0) is 17.7 Å². The van der Waals surface area contributed by atoms with Crippen LogP contribution in [0.15, 0.2) is 41.5 Å². The predicted octanol–water partition coefficient (Wildman–Crippen LogP) is 0.819. The summed E-state index contributed by atoms with van der Waals surface area (Å²) in [5, 5.41) is 8.78. The maximum absolute atomic E-state index is 12.1. The Morgan fingerprint density at radius 3 is 2.79 bits per heavy atom. The van der Waals surface area contributed by atoms with E-state index in [0.717, 1.165) is 5.56 Å². The number of nitrogens with one attached hydrogen (secondary N) is 1. The number of amides is 1. The van der Waals surface area contributed by atoms with Crippen molar-refractivity contribution in [3.8, 4) is 5.75 Å². The molecule has 6 N–H and O–H groups in total. The largest absolute Gasteiger partial charge is 0.488 e. The molecule has 1 aliphatic rings. The number of rotatable bonds is 8. The second kappa shape index (κ2) is 8.33. The third-order valence-corrected chi connectivity index (χ3v) is 4.06. The Balaban J connectivity index is 1.54. The third kappa shape index (κ3) is 4.93. The zero-order chi connectivity index (χ0) is 20.1. The second-order valence-electron chi connectivity index (χ2n) is 6.27. The van der Waals surface area contributed by atoms with Crippen LogP contribution in [0, 0.1) is 0 Å². The van der Waals surface area contributed by atoms with Gasteiger partial charge in [0.2, 0.25) is 0 Å². The molecule has 1 aliphatic heterocycles. The Morgan fingerprint density at radius 2 is 2.11 bits per heavy atom. The van der Waals surface area contributed by atoms with E-state index in [1.807, 2.05) is 12.1 Å². The number of carbonyl (C=O) groups excluding carboxylic acids is 1. The Morgan fingerprint density at radius 1 is 1.36 bits per heavy atom. The van der Waals surface area contributed by atoms with E-state index in [-0.39, 0.29) is 19.0 Å². The van der Waals surface area contributed by atoms with Crippen molar-refractivity contribution in [1.29, 1.82) is 0 Å². The molecular formula is C18H21N5O5. The number of anilines is 1. The Labute approximate surface area is 160 Å². The molecule has 0 saturated carbocycles. The molecule has 0 bridgehead atoms. The van der Waals surface area contributed by atoms with Crippen molar-refractivity contribution in [1.82, 2.24) is 4.98 Å². The zero-order valence-corrected chi connectivity index (χ0v) is 15.0. The number of H-pyrrole nitrogens is 1. The van der Waals surface area contributed by atoms with Gasteiger partial charge in [-0.25, -0.2) is 9.79 Å². The fourth-order valence-corrected chi connectivity index (χ4v) is 2.74. The first-order valence-corrected chi connectivity index (χ1v) is 8.55. The number of benzene rings is 1. The van der Waals surface area contributed by atoms with E-state index in [2.05, 4.69) is 9.98 Å². The quantitative estimate of drug-likeness (QED) is 0.386. The van der Waals surface area contributed by atoms with Gasteiger partial charge in [0, 0.05) is 23.6 Å². The van der Waals surface area contributed by atoms with Gasteiger partial charge < -0.3 is 31.0 Å². The molecule has 1 unspecified atom stereocenters. The summed E-state index contributed by atoms with van der Waals surface area (Å²) < 4.78 is 10.9. The van der Waals surface area contributed by atoms with Gasteiger partial charge in [0.05, 0.1) is 19.5 Å². The molecule has 10 nitrogen and oxygen atoms in total. The van der Waals surface area contributed by atoms with Gasteiger partial charge in [-0.3, -0.25) is 9.69 Å². The van der Waals surface area contributed by atoms with Crippen LogP contribution in [0.3, 0.4) is 0 Å². The molecule has 10 heteroatoms. The fraction of sp³-hybridized carbons (Fsp3) is 0.278. The lowest BCUT2D eigenvalue weighted by Crippen LogP contribution is -2.26. The van der Waals surface area contributed by atoms with E-state index in [9.17, 15) is 9.59 Å². The molecule has 0 radical (unpaired) electrons. The van der Waals surface area contributed by atoms with Gasteiger partial charge in [-0.2, -0.15) is 0 Å². The number of aliphatic imine (C=N–C) groups is 1. The minimum absolute atomic E-state index is 0.0209. The molecule has 2 aromatic rings. The van der Waals surface area contributed by atoms with Crippen molar-refractivity contribution in [2.45, 2.75) is 19.1 Å². The predicted molar refractivity (Wildman–Crippen MR) is 101 cm³/mol. The van der Waals surface area contributed by atoms with Crippen LogP contribution in [-0.4, -0.2) is 47.4 Å². The number of cyclic esters (lactones) is 1. The molecule has 0 aliphatic carbocycles. The Bertz CT molecular complexity index is 873. The summed E-state index contributed by atoms with van der Waals surface area (Å²) in [7, 11) is 0. The minimum atomic E-state index is -0.932. The fourth-order valence-electron chi connectivity index (χ4n) is 2.74. The van der Waals surface area contributed by atoms with E-state index >= 15 is 0 Å². The van der Waals surface area contributed by atoms with Crippen LogP contribution in [0.4, 0.5) is 10.5 Å². The smallest absolute Gasteiger partial charge is 0.414 e. The summed E-state index contributed by atoms with van der Waals surface area (Å²) in [6.45, 7) is 0.873. The average molecular weight is 387 g/mol. The SMILES string of the molecule is NC(N)=NCc1ccc(N2CC(COc3c[nH]c(CC(=O)O)c3)OC2=O)cc1. The summed E-state index contributed by atoms with van der Waals surface area (Å²) >= 11 is 0. The van der Waals surface area contributed by atoms with Gasteiger partial charge in [-0.15, -0.1) is 0 Å². The molecule has 1 aromatic heterocycles. The number of guanidine groups is 1. The van der Waals surface area contributed by atoms with Crippen LogP contribution in [0.2, 0.25) is 0 Å². The standard InChI is InChI=1S/C18H21N5O5/c19-17(20)22-7-11-1-3-13(4-2-11)23-9-15(28-18(23)26)10-27-14-5-12(21-8-14)6-16(24)25/h1-5,8,15,21H,6-7,9-10H2,(H,24,25)(H4,19,20,22). The first-order chi connectivity index (χ1) is 13.4. The van der Waals surface area contributed by atoms with E-state index in [1.54, 1.807) is 24.4 Å². The lowest BCUT2D eigenvalue weighted by atomic mass is 10.2. The number of carboxylic acids is 1. The highest BCUT2D eigenvalue weighted by Crippen LogP contribution is 2.23. The van der Waals surface area contributed by atoms with Gasteiger partial charge in [0.1, 0.15) is 12.4 Å². The number of aromatic amines is 1. The molecule has 1 atom stereocenters. The number of hydrogen-bond acceptors (Lipinski definition) is 5. The number of hydrogen-bond donors (Lipinski definition) is 4. The Kier molecular flexibility index (Phi) is 5.68. The van der Waals surface area contributed by atoms with Crippen LogP contribution < -0.4 is 21.1 Å². The molecule has 2 heterocycles. The lowest BCUT2D eigenvalue weighted by Gasteiger charge is -2.13. The van der Waals surface area contributed by atoms with Crippen molar-refractivity contribution < 1.29 is 24.2 Å². The molecule has 3 rings (SSSR count). The number of carboxylic acid groups (broad SMARTS) is 1. The maximum Gasteiger partial charge on any atom is 0.414 e. The maximum atomic E-state index is 12.1. The number of nitrogens with zero attached hydrogens (tertiary/aromatic N) is 2. The van der Waals surface area contributed by atoms with Crippen LogP contribution in [0.25, 0.3) is 0 Å². The van der Waals surface area contributed by atoms with E-state index in [4.69, 9.17) is 26.0 Å². The normalized spacial score (nSPS) is 15.9. The van der Waals surface area contributed by atoms with Crippen molar-refractivity contribution >= 4 is 23.7 Å². The molecular weight excluding hydrogens is 366 g/mol. The average Bonchev–Trinajstić information content (AvgIpc) is 3.24. The molecule has 1 aromatic carbocycles. The summed E-state index contributed by atoms with van der Waals surface area (Å²) in [6, 6.07) is 8.88. The van der Waals surface area contributed by atoms with Crippen molar-refractivity contribution in [3.05, 3.63) is 47.8 Å². The van der Waals surface area contributed by atoms with Crippen LogP contribution >= 0.6 is 0 Å². The number of ether oxygens (including phenoxy) is 2. The summed E-state index contributed by atoms with van der Waals surface area (Å²) in [6.07, 6.45) is 0.564. The van der Waals surface area contributed by atoms with E-state index in [1.165, 1.54) is 4.90 Å². The lowest BCUT2D eigenvalue weighted by molar-refractivity contribution is -0.136.